The number of sulfone groups is 2. The van der Waals surface area contributed by atoms with Gasteiger partial charge in [-0.2, -0.15) is 0 Å². The molecule has 0 aliphatic heterocycles. The molecule has 156 valence electrons. The number of anilines is 1. The Labute approximate surface area is 172 Å². The molecular formula is C21H25NO5S2. The van der Waals surface area contributed by atoms with Crippen molar-refractivity contribution in [1.29, 1.82) is 0 Å². The van der Waals surface area contributed by atoms with Crippen LogP contribution < -0.4 is 5.32 Å². The first-order valence-corrected chi connectivity index (χ1v) is 12.9. The molecule has 0 aromatic heterocycles. The van der Waals surface area contributed by atoms with Gasteiger partial charge in [-0.25, -0.2) is 16.8 Å². The van der Waals surface area contributed by atoms with E-state index in [1.807, 2.05) is 0 Å². The predicted molar refractivity (Wildman–Crippen MR) is 113 cm³/mol. The largest absolute Gasteiger partial charge is 0.322 e. The molecule has 1 N–H and O–H groups in total. The van der Waals surface area contributed by atoms with Gasteiger partial charge in [-0.05, 0) is 55.7 Å². The van der Waals surface area contributed by atoms with Gasteiger partial charge in [0, 0.05) is 5.69 Å². The fourth-order valence-electron chi connectivity index (χ4n) is 3.62. The highest BCUT2D eigenvalue weighted by molar-refractivity contribution is 7.92. The van der Waals surface area contributed by atoms with Crippen LogP contribution in [0.5, 0.6) is 0 Å². The maximum atomic E-state index is 12.7. The smallest absolute Gasteiger partial charge is 0.256 e. The van der Waals surface area contributed by atoms with Crippen LogP contribution in [0.25, 0.3) is 0 Å². The Hall–Kier alpha value is -2.19. The lowest BCUT2D eigenvalue weighted by atomic mass is 10.2. The summed E-state index contributed by atoms with van der Waals surface area (Å²) in [6.07, 6.45) is 3.68. The second kappa shape index (κ2) is 8.67. The second-order valence-electron chi connectivity index (χ2n) is 7.25. The molecule has 1 fully saturated rings. The lowest BCUT2D eigenvalue weighted by Crippen LogP contribution is -2.19. The molecule has 0 unspecified atom stereocenters. The minimum Gasteiger partial charge on any atom is -0.322 e. The molecule has 0 saturated heterocycles. The highest BCUT2D eigenvalue weighted by atomic mass is 32.2. The second-order valence-corrected chi connectivity index (χ2v) is 11.6. The van der Waals surface area contributed by atoms with Crippen LogP contribution in [-0.4, -0.2) is 33.7 Å². The molecule has 1 amide bonds. The average Bonchev–Trinajstić information content (AvgIpc) is 3.24. The number of hydrogen-bond acceptors (Lipinski definition) is 5. The maximum absolute atomic E-state index is 12.7. The highest BCUT2D eigenvalue weighted by Crippen LogP contribution is 2.30. The predicted octanol–water partition coefficient (Wildman–Crippen LogP) is 3.84. The molecule has 2 aromatic rings. The van der Waals surface area contributed by atoms with Crippen molar-refractivity contribution in [2.24, 2.45) is 0 Å². The van der Waals surface area contributed by atoms with Gasteiger partial charge in [0.2, 0.25) is 0 Å². The van der Waals surface area contributed by atoms with Gasteiger partial charge >= 0.3 is 0 Å². The SMILES string of the molecule is CCCS(=O)(=O)c1ccccc1C(=O)Nc1ccc(S(=O)(=O)C2CCCC2)cc1. The Morgan fingerprint density at radius 2 is 1.59 bits per heavy atom. The summed E-state index contributed by atoms with van der Waals surface area (Å²) >= 11 is 0. The van der Waals surface area contributed by atoms with Gasteiger partial charge in [-0.3, -0.25) is 4.79 Å². The normalized spacial score (nSPS) is 15.3. The summed E-state index contributed by atoms with van der Waals surface area (Å²) in [5.74, 6) is -0.586. The molecular weight excluding hydrogens is 410 g/mol. The topological polar surface area (TPSA) is 97.4 Å². The van der Waals surface area contributed by atoms with Crippen LogP contribution in [0, 0.1) is 0 Å². The van der Waals surface area contributed by atoms with Crippen molar-refractivity contribution in [3.8, 4) is 0 Å². The Morgan fingerprint density at radius 3 is 2.21 bits per heavy atom. The zero-order valence-electron chi connectivity index (χ0n) is 16.3. The Balaban J connectivity index is 1.80. The zero-order chi connectivity index (χ0) is 21.1. The summed E-state index contributed by atoms with van der Waals surface area (Å²) in [5, 5.41) is 2.33. The van der Waals surface area contributed by atoms with Gasteiger partial charge in [0.15, 0.2) is 19.7 Å². The van der Waals surface area contributed by atoms with Gasteiger partial charge in [-0.1, -0.05) is 31.9 Å². The Bertz CT molecular complexity index is 1080. The van der Waals surface area contributed by atoms with E-state index in [1.165, 1.54) is 36.4 Å². The number of nitrogens with one attached hydrogen (secondary N) is 1. The van der Waals surface area contributed by atoms with Crippen LogP contribution >= 0.6 is 0 Å². The molecule has 0 bridgehead atoms. The fraction of sp³-hybridized carbons (Fsp3) is 0.381. The van der Waals surface area contributed by atoms with Crippen LogP contribution in [-0.2, 0) is 19.7 Å². The van der Waals surface area contributed by atoms with Crippen molar-refractivity contribution < 1.29 is 21.6 Å². The van der Waals surface area contributed by atoms with E-state index in [0.29, 0.717) is 24.9 Å². The van der Waals surface area contributed by atoms with E-state index >= 15 is 0 Å². The van der Waals surface area contributed by atoms with Crippen molar-refractivity contribution in [2.75, 3.05) is 11.1 Å². The van der Waals surface area contributed by atoms with E-state index in [2.05, 4.69) is 5.32 Å². The molecule has 0 radical (unpaired) electrons. The number of carbonyl (C=O) groups excluding carboxylic acids is 1. The molecule has 29 heavy (non-hydrogen) atoms. The lowest BCUT2D eigenvalue weighted by molar-refractivity contribution is 0.102. The quantitative estimate of drug-likeness (QED) is 0.713. The highest BCUT2D eigenvalue weighted by Gasteiger charge is 2.30. The number of amides is 1. The van der Waals surface area contributed by atoms with E-state index in [1.54, 1.807) is 19.1 Å². The first-order valence-electron chi connectivity index (χ1n) is 9.73. The third-order valence-corrected chi connectivity index (χ3v) is 9.37. The maximum Gasteiger partial charge on any atom is 0.256 e. The van der Waals surface area contributed by atoms with E-state index in [0.717, 1.165) is 12.8 Å². The monoisotopic (exact) mass is 435 g/mol. The standard InChI is InChI=1S/C21H25NO5S2/c1-2-15-28(24,25)20-10-6-5-9-19(20)21(23)22-16-11-13-18(14-12-16)29(26,27)17-7-3-4-8-17/h5-6,9-14,17H,2-4,7-8,15H2,1H3,(H,22,23). The first-order chi connectivity index (χ1) is 13.8. The summed E-state index contributed by atoms with van der Waals surface area (Å²) in [5.41, 5.74) is 0.478. The van der Waals surface area contributed by atoms with Crippen LogP contribution in [0.2, 0.25) is 0 Å². The molecule has 1 saturated carbocycles. The summed E-state index contributed by atoms with van der Waals surface area (Å²) in [6.45, 7) is 1.77. The zero-order valence-corrected chi connectivity index (χ0v) is 17.9. The van der Waals surface area contributed by atoms with E-state index in [4.69, 9.17) is 0 Å². The minimum absolute atomic E-state index is 0.000202. The van der Waals surface area contributed by atoms with Crippen molar-refractivity contribution in [3.05, 3.63) is 54.1 Å². The number of rotatable bonds is 7. The summed E-state index contributed by atoms with van der Waals surface area (Å²) in [7, 11) is -6.91. The van der Waals surface area contributed by atoms with E-state index in [9.17, 15) is 21.6 Å². The summed E-state index contributed by atoms with van der Waals surface area (Å²) < 4.78 is 50.2. The molecule has 2 aromatic carbocycles. The molecule has 0 heterocycles. The molecule has 6 nitrogen and oxygen atoms in total. The summed E-state index contributed by atoms with van der Waals surface area (Å²) in [6, 6.07) is 12.1. The Morgan fingerprint density at radius 1 is 0.966 bits per heavy atom. The lowest BCUT2D eigenvalue weighted by Gasteiger charge is -2.13. The minimum atomic E-state index is -3.55. The fourth-order valence-corrected chi connectivity index (χ4v) is 7.01. The van der Waals surface area contributed by atoms with E-state index in [-0.39, 0.29) is 26.4 Å². The molecule has 3 rings (SSSR count). The van der Waals surface area contributed by atoms with Gasteiger partial charge in [0.1, 0.15) is 0 Å². The molecule has 1 aliphatic rings. The van der Waals surface area contributed by atoms with Crippen LogP contribution in [0.3, 0.4) is 0 Å². The van der Waals surface area contributed by atoms with Gasteiger partial charge < -0.3 is 5.32 Å². The van der Waals surface area contributed by atoms with Crippen LogP contribution in [0.4, 0.5) is 5.69 Å². The molecule has 0 atom stereocenters. The van der Waals surface area contributed by atoms with Gasteiger partial charge in [0.25, 0.3) is 5.91 Å². The Kier molecular flexibility index (Phi) is 6.43. The third kappa shape index (κ3) is 4.70. The van der Waals surface area contributed by atoms with Crippen LogP contribution in [0.15, 0.2) is 58.3 Å². The van der Waals surface area contributed by atoms with Crippen molar-refractivity contribution >= 4 is 31.3 Å². The van der Waals surface area contributed by atoms with E-state index < -0.39 is 25.6 Å². The van der Waals surface area contributed by atoms with Crippen LogP contribution in [0.1, 0.15) is 49.4 Å². The number of hydrogen-bond donors (Lipinski definition) is 1. The van der Waals surface area contributed by atoms with Gasteiger partial charge in [0.05, 0.1) is 26.4 Å². The number of benzene rings is 2. The molecule has 8 heteroatoms. The molecule has 0 spiro atoms. The average molecular weight is 436 g/mol. The first kappa shape index (κ1) is 21.5. The van der Waals surface area contributed by atoms with Crippen molar-refractivity contribution in [3.63, 3.8) is 0 Å². The van der Waals surface area contributed by atoms with Gasteiger partial charge in [-0.15, -0.1) is 0 Å². The number of carbonyl (C=O) groups is 1. The third-order valence-electron chi connectivity index (χ3n) is 5.12. The summed E-state index contributed by atoms with van der Waals surface area (Å²) in [4.78, 5) is 12.9. The van der Waals surface area contributed by atoms with Crippen molar-refractivity contribution in [1.82, 2.24) is 0 Å². The van der Waals surface area contributed by atoms with Crippen molar-refractivity contribution in [2.45, 2.75) is 54.1 Å². The molecule has 1 aliphatic carbocycles.